The van der Waals surface area contributed by atoms with Gasteiger partial charge in [0, 0.05) is 20.1 Å². The molecule has 0 amide bonds. The third-order valence-electron chi connectivity index (χ3n) is 2.31. The summed E-state index contributed by atoms with van der Waals surface area (Å²) in [5.41, 5.74) is 0. The van der Waals surface area contributed by atoms with Gasteiger partial charge in [0.25, 0.3) is 0 Å². The van der Waals surface area contributed by atoms with Crippen LogP contribution in [0, 0.1) is 0 Å². The third kappa shape index (κ3) is 2.64. The molecule has 1 aliphatic rings. The summed E-state index contributed by atoms with van der Waals surface area (Å²) in [6, 6.07) is 0. The monoisotopic (exact) mass is 190 g/mol. The van der Waals surface area contributed by atoms with Crippen molar-refractivity contribution >= 4 is 0 Å². The predicted molar refractivity (Wildman–Crippen MR) is 47.4 cm³/mol. The molecule has 0 aliphatic carbocycles. The van der Waals surface area contributed by atoms with Gasteiger partial charge in [0.15, 0.2) is 6.29 Å². The first-order valence-electron chi connectivity index (χ1n) is 4.67. The van der Waals surface area contributed by atoms with Crippen LogP contribution < -0.4 is 0 Å². The van der Waals surface area contributed by atoms with E-state index in [4.69, 9.17) is 14.2 Å². The normalized spacial score (nSPS) is 40.6. The Bertz CT molecular complexity index is 151. The SMILES string of the molecule is CCO[C@H]1C[C@@H](OC)[C@@H](O)[C@H](C)O1. The Morgan fingerprint density at radius 2 is 2.23 bits per heavy atom. The number of methoxy groups -OCH3 is 1. The van der Waals surface area contributed by atoms with Gasteiger partial charge in [0.1, 0.15) is 6.10 Å². The number of aliphatic hydroxyl groups is 1. The van der Waals surface area contributed by atoms with Gasteiger partial charge in [-0.25, -0.2) is 0 Å². The van der Waals surface area contributed by atoms with Crippen LogP contribution in [0.15, 0.2) is 0 Å². The first kappa shape index (κ1) is 10.9. The molecule has 4 atom stereocenters. The zero-order valence-corrected chi connectivity index (χ0v) is 8.40. The molecule has 0 aromatic carbocycles. The molecular formula is C9H18O4. The molecule has 1 rings (SSSR count). The Hall–Kier alpha value is -0.160. The van der Waals surface area contributed by atoms with Crippen molar-refractivity contribution in [2.45, 2.75) is 44.9 Å². The maximum absolute atomic E-state index is 9.62. The second kappa shape index (κ2) is 4.91. The van der Waals surface area contributed by atoms with E-state index in [1.165, 1.54) is 0 Å². The lowest BCUT2D eigenvalue weighted by Gasteiger charge is -2.36. The highest BCUT2D eigenvalue weighted by atomic mass is 16.7. The van der Waals surface area contributed by atoms with E-state index in [-0.39, 0.29) is 18.5 Å². The fourth-order valence-corrected chi connectivity index (χ4v) is 1.54. The quantitative estimate of drug-likeness (QED) is 0.705. The van der Waals surface area contributed by atoms with Crippen LogP contribution in [-0.4, -0.2) is 43.4 Å². The summed E-state index contributed by atoms with van der Waals surface area (Å²) in [6.45, 7) is 4.35. The van der Waals surface area contributed by atoms with Crippen LogP contribution in [0.3, 0.4) is 0 Å². The molecule has 1 aliphatic heterocycles. The van der Waals surface area contributed by atoms with E-state index in [0.29, 0.717) is 13.0 Å². The molecule has 0 spiro atoms. The summed E-state index contributed by atoms with van der Waals surface area (Å²) in [7, 11) is 1.59. The van der Waals surface area contributed by atoms with E-state index in [2.05, 4.69) is 0 Å². The largest absolute Gasteiger partial charge is 0.388 e. The van der Waals surface area contributed by atoms with Crippen molar-refractivity contribution in [2.75, 3.05) is 13.7 Å². The van der Waals surface area contributed by atoms with E-state index in [9.17, 15) is 5.11 Å². The van der Waals surface area contributed by atoms with Crippen molar-refractivity contribution in [1.82, 2.24) is 0 Å². The molecule has 0 aromatic heterocycles. The maximum Gasteiger partial charge on any atom is 0.160 e. The minimum Gasteiger partial charge on any atom is -0.388 e. The minimum atomic E-state index is -0.554. The molecule has 0 radical (unpaired) electrons. The second-order valence-corrected chi connectivity index (χ2v) is 3.23. The minimum absolute atomic E-state index is 0.180. The lowest BCUT2D eigenvalue weighted by atomic mass is 10.0. The Morgan fingerprint density at radius 3 is 2.77 bits per heavy atom. The highest BCUT2D eigenvalue weighted by molar-refractivity contribution is 4.81. The van der Waals surface area contributed by atoms with Crippen LogP contribution in [0.5, 0.6) is 0 Å². The van der Waals surface area contributed by atoms with Crippen LogP contribution in [-0.2, 0) is 14.2 Å². The fraction of sp³-hybridized carbons (Fsp3) is 1.00. The molecule has 1 saturated heterocycles. The van der Waals surface area contributed by atoms with Crippen molar-refractivity contribution in [3.63, 3.8) is 0 Å². The number of ether oxygens (including phenoxy) is 3. The first-order valence-corrected chi connectivity index (χ1v) is 4.67. The summed E-state index contributed by atoms with van der Waals surface area (Å²) >= 11 is 0. The van der Waals surface area contributed by atoms with Crippen LogP contribution in [0.1, 0.15) is 20.3 Å². The Morgan fingerprint density at radius 1 is 1.54 bits per heavy atom. The van der Waals surface area contributed by atoms with Crippen LogP contribution in [0.25, 0.3) is 0 Å². The van der Waals surface area contributed by atoms with Gasteiger partial charge in [-0.2, -0.15) is 0 Å². The maximum atomic E-state index is 9.62. The van der Waals surface area contributed by atoms with Crippen molar-refractivity contribution < 1.29 is 19.3 Å². The van der Waals surface area contributed by atoms with Gasteiger partial charge in [-0.15, -0.1) is 0 Å². The lowest BCUT2D eigenvalue weighted by molar-refractivity contribution is -0.248. The second-order valence-electron chi connectivity index (χ2n) is 3.23. The Kier molecular flexibility index (Phi) is 4.12. The molecule has 0 saturated carbocycles. The number of rotatable bonds is 3. The first-order chi connectivity index (χ1) is 6.19. The third-order valence-corrected chi connectivity index (χ3v) is 2.31. The van der Waals surface area contributed by atoms with E-state index < -0.39 is 6.10 Å². The van der Waals surface area contributed by atoms with Crippen molar-refractivity contribution in [1.29, 1.82) is 0 Å². The van der Waals surface area contributed by atoms with Gasteiger partial charge in [0.2, 0.25) is 0 Å². The molecule has 1 heterocycles. The average molecular weight is 190 g/mol. The van der Waals surface area contributed by atoms with Gasteiger partial charge in [-0.1, -0.05) is 0 Å². The van der Waals surface area contributed by atoms with E-state index in [1.54, 1.807) is 7.11 Å². The highest BCUT2D eigenvalue weighted by Gasteiger charge is 2.35. The lowest BCUT2D eigenvalue weighted by Crippen LogP contribution is -2.48. The zero-order valence-electron chi connectivity index (χ0n) is 8.40. The van der Waals surface area contributed by atoms with Gasteiger partial charge in [-0.05, 0) is 13.8 Å². The van der Waals surface area contributed by atoms with Gasteiger partial charge >= 0.3 is 0 Å². The summed E-state index contributed by atoms with van der Waals surface area (Å²) in [5, 5.41) is 9.62. The predicted octanol–water partition coefficient (Wildman–Crippen LogP) is 0.534. The standard InChI is InChI=1S/C9H18O4/c1-4-12-8-5-7(11-3)9(10)6(2)13-8/h6-10H,4-5H2,1-3H3/t6-,7+,8+,9-/m0/s1. The molecule has 0 unspecified atom stereocenters. The molecule has 78 valence electrons. The average Bonchev–Trinajstić information content (AvgIpc) is 2.11. The van der Waals surface area contributed by atoms with Gasteiger partial charge in [-0.3, -0.25) is 0 Å². The number of hydrogen-bond acceptors (Lipinski definition) is 4. The molecule has 4 nitrogen and oxygen atoms in total. The van der Waals surface area contributed by atoms with Crippen LogP contribution >= 0.6 is 0 Å². The summed E-state index contributed by atoms with van der Waals surface area (Å²) in [5.74, 6) is 0. The zero-order chi connectivity index (χ0) is 9.84. The highest BCUT2D eigenvalue weighted by Crippen LogP contribution is 2.22. The van der Waals surface area contributed by atoms with E-state index in [0.717, 1.165) is 0 Å². The molecule has 1 fully saturated rings. The fourth-order valence-electron chi connectivity index (χ4n) is 1.54. The Labute approximate surface area is 78.8 Å². The van der Waals surface area contributed by atoms with Crippen molar-refractivity contribution in [2.24, 2.45) is 0 Å². The molecule has 13 heavy (non-hydrogen) atoms. The van der Waals surface area contributed by atoms with Gasteiger partial charge in [0.05, 0.1) is 12.2 Å². The smallest absolute Gasteiger partial charge is 0.160 e. The molecule has 0 bridgehead atoms. The van der Waals surface area contributed by atoms with E-state index >= 15 is 0 Å². The van der Waals surface area contributed by atoms with Crippen LogP contribution in [0.4, 0.5) is 0 Å². The summed E-state index contributed by atoms with van der Waals surface area (Å²) in [4.78, 5) is 0. The van der Waals surface area contributed by atoms with E-state index in [1.807, 2.05) is 13.8 Å². The molecule has 0 aromatic rings. The van der Waals surface area contributed by atoms with Crippen molar-refractivity contribution in [3.8, 4) is 0 Å². The van der Waals surface area contributed by atoms with Gasteiger partial charge < -0.3 is 19.3 Å². The summed E-state index contributed by atoms with van der Waals surface area (Å²) < 4.78 is 15.9. The van der Waals surface area contributed by atoms with Crippen LogP contribution in [0.2, 0.25) is 0 Å². The topological polar surface area (TPSA) is 47.9 Å². The molecule has 1 N–H and O–H groups in total. The molecule has 4 heteroatoms. The Balaban J connectivity index is 2.47. The van der Waals surface area contributed by atoms with Crippen molar-refractivity contribution in [3.05, 3.63) is 0 Å². The number of hydrogen-bond donors (Lipinski definition) is 1. The number of aliphatic hydroxyl groups excluding tert-OH is 1. The summed E-state index contributed by atoms with van der Waals surface area (Å²) in [6.07, 6.45) is -0.610. The molecular weight excluding hydrogens is 172 g/mol.